The molecule has 3 N–H and O–H groups in total. The van der Waals surface area contributed by atoms with Gasteiger partial charge in [-0.25, -0.2) is 0 Å². The van der Waals surface area contributed by atoms with Crippen molar-refractivity contribution in [2.45, 2.75) is 12.5 Å². The Balaban J connectivity index is 2.37. The smallest absolute Gasteiger partial charge is 0.377 e. The van der Waals surface area contributed by atoms with Crippen LogP contribution in [-0.4, -0.2) is 42.6 Å². The zero-order valence-corrected chi connectivity index (χ0v) is 13.3. The van der Waals surface area contributed by atoms with Gasteiger partial charge in [0.1, 0.15) is 0 Å². The summed E-state index contributed by atoms with van der Waals surface area (Å²) in [6.45, 7) is 0.594. The van der Waals surface area contributed by atoms with Crippen LogP contribution in [0.1, 0.15) is 6.42 Å². The number of benzene rings is 1. The van der Waals surface area contributed by atoms with Crippen molar-refractivity contribution < 1.29 is 13.3 Å². The lowest BCUT2D eigenvalue weighted by Gasteiger charge is -2.23. The Hall–Kier alpha value is -1.41. The second-order valence-electron chi connectivity index (χ2n) is 4.16. The third-order valence-corrected chi connectivity index (χ3v) is 5.73. The first kappa shape index (κ1) is 16.6. The van der Waals surface area contributed by atoms with Crippen molar-refractivity contribution in [2.75, 3.05) is 33.2 Å². The van der Waals surface area contributed by atoms with Crippen LogP contribution in [0.25, 0.3) is 0 Å². The van der Waals surface area contributed by atoms with E-state index < -0.39 is 8.80 Å². The number of aliphatic imine (C=N–C) groups is 1. The van der Waals surface area contributed by atoms with Crippen LogP contribution in [0.4, 0.5) is 5.69 Å². The van der Waals surface area contributed by atoms with Crippen molar-refractivity contribution in [3.63, 3.8) is 0 Å². The Bertz CT molecular complexity index is 402. The standard InChI is InChI=1S/C13H23N3O3Si/c1-17-20(18-2,19-3)11-7-10-15-13(14)16-12-8-5-4-6-9-12/h4-6,8-9H,7,10-11H2,1-3H3,(H3,14,15,16). The number of guanidine groups is 1. The molecule has 0 saturated heterocycles. The highest BCUT2D eigenvalue weighted by Gasteiger charge is 2.36. The summed E-state index contributed by atoms with van der Waals surface area (Å²) in [5, 5.41) is 3.03. The van der Waals surface area contributed by atoms with Gasteiger partial charge in [0, 0.05) is 39.6 Å². The molecule has 20 heavy (non-hydrogen) atoms. The number of anilines is 1. The van der Waals surface area contributed by atoms with E-state index in [-0.39, 0.29) is 0 Å². The first-order valence-corrected chi connectivity index (χ1v) is 8.36. The van der Waals surface area contributed by atoms with E-state index in [4.69, 9.17) is 19.0 Å². The molecule has 1 rings (SSSR count). The molecule has 6 nitrogen and oxygen atoms in total. The summed E-state index contributed by atoms with van der Waals surface area (Å²) in [6, 6.07) is 10.4. The van der Waals surface area contributed by atoms with Crippen LogP contribution < -0.4 is 11.1 Å². The van der Waals surface area contributed by atoms with Crippen LogP contribution in [0.5, 0.6) is 0 Å². The van der Waals surface area contributed by atoms with E-state index in [1.54, 1.807) is 21.3 Å². The topological polar surface area (TPSA) is 78.1 Å². The van der Waals surface area contributed by atoms with E-state index in [0.717, 1.165) is 12.1 Å². The third-order valence-electron chi connectivity index (χ3n) is 2.90. The summed E-state index contributed by atoms with van der Waals surface area (Å²) in [5.41, 5.74) is 6.73. The molecule has 0 aromatic heterocycles. The summed E-state index contributed by atoms with van der Waals surface area (Å²) < 4.78 is 16.0. The maximum atomic E-state index is 5.81. The number of hydrogen-bond donors (Lipinski definition) is 2. The molecular formula is C13H23N3O3Si. The Labute approximate surface area is 121 Å². The van der Waals surface area contributed by atoms with E-state index in [1.165, 1.54) is 0 Å². The van der Waals surface area contributed by atoms with Crippen LogP contribution in [0.15, 0.2) is 35.3 Å². The van der Waals surface area contributed by atoms with Crippen molar-refractivity contribution in [1.82, 2.24) is 0 Å². The zero-order valence-electron chi connectivity index (χ0n) is 12.3. The lowest BCUT2D eigenvalue weighted by molar-refractivity contribution is 0.123. The Morgan fingerprint density at radius 1 is 1.15 bits per heavy atom. The largest absolute Gasteiger partial charge is 0.500 e. The summed E-state index contributed by atoms with van der Waals surface area (Å²) in [6.07, 6.45) is 0.791. The van der Waals surface area contributed by atoms with Gasteiger partial charge in [0.15, 0.2) is 5.96 Å². The van der Waals surface area contributed by atoms with Crippen molar-refractivity contribution in [2.24, 2.45) is 10.7 Å². The lowest BCUT2D eigenvalue weighted by Crippen LogP contribution is -2.42. The Morgan fingerprint density at radius 3 is 2.30 bits per heavy atom. The van der Waals surface area contributed by atoms with Crippen LogP contribution in [0, 0.1) is 0 Å². The number of hydrogen-bond acceptors (Lipinski definition) is 4. The maximum Gasteiger partial charge on any atom is 0.500 e. The molecular weight excluding hydrogens is 274 g/mol. The fraction of sp³-hybridized carbons (Fsp3) is 0.462. The number of para-hydroxylation sites is 1. The highest BCUT2D eigenvalue weighted by molar-refractivity contribution is 6.60. The average molecular weight is 297 g/mol. The normalized spacial score (nSPS) is 12.4. The van der Waals surface area contributed by atoms with E-state index in [0.29, 0.717) is 18.5 Å². The Morgan fingerprint density at radius 2 is 1.75 bits per heavy atom. The molecule has 0 saturated carbocycles. The zero-order chi connectivity index (χ0) is 14.8. The van der Waals surface area contributed by atoms with E-state index in [9.17, 15) is 0 Å². The van der Waals surface area contributed by atoms with Crippen molar-refractivity contribution >= 4 is 20.5 Å². The quantitative estimate of drug-likeness (QED) is 0.330. The van der Waals surface area contributed by atoms with Gasteiger partial charge in [-0.2, -0.15) is 0 Å². The minimum atomic E-state index is -2.49. The van der Waals surface area contributed by atoms with Crippen LogP contribution in [0.3, 0.4) is 0 Å². The summed E-state index contributed by atoms with van der Waals surface area (Å²) >= 11 is 0. The molecule has 0 aliphatic heterocycles. The molecule has 0 bridgehead atoms. The molecule has 0 fully saturated rings. The maximum absolute atomic E-state index is 5.81. The van der Waals surface area contributed by atoms with Gasteiger partial charge in [-0.05, 0) is 18.6 Å². The number of rotatable bonds is 8. The average Bonchev–Trinajstić information content (AvgIpc) is 2.49. The number of nitrogens with zero attached hydrogens (tertiary/aromatic N) is 1. The monoisotopic (exact) mass is 297 g/mol. The molecule has 0 amide bonds. The minimum absolute atomic E-state index is 0.399. The van der Waals surface area contributed by atoms with E-state index in [1.807, 2.05) is 30.3 Å². The molecule has 0 aliphatic carbocycles. The molecule has 1 aromatic rings. The lowest BCUT2D eigenvalue weighted by atomic mass is 10.3. The molecule has 0 radical (unpaired) electrons. The fourth-order valence-electron chi connectivity index (χ4n) is 1.76. The van der Waals surface area contributed by atoms with Gasteiger partial charge in [-0.3, -0.25) is 4.99 Å². The molecule has 0 atom stereocenters. The van der Waals surface area contributed by atoms with Gasteiger partial charge in [-0.15, -0.1) is 0 Å². The first-order chi connectivity index (χ1) is 9.65. The predicted octanol–water partition coefficient (Wildman–Crippen LogP) is 1.68. The minimum Gasteiger partial charge on any atom is -0.377 e. The van der Waals surface area contributed by atoms with Gasteiger partial charge < -0.3 is 24.3 Å². The third kappa shape index (κ3) is 5.30. The molecule has 0 unspecified atom stereocenters. The molecule has 0 spiro atoms. The number of nitrogens with two attached hydrogens (primary N) is 1. The molecule has 0 heterocycles. The van der Waals surface area contributed by atoms with Gasteiger partial charge in [0.2, 0.25) is 0 Å². The highest BCUT2D eigenvalue weighted by Crippen LogP contribution is 2.14. The van der Waals surface area contributed by atoms with Gasteiger partial charge >= 0.3 is 8.80 Å². The second-order valence-corrected chi connectivity index (χ2v) is 7.25. The highest BCUT2D eigenvalue weighted by atomic mass is 28.4. The summed E-state index contributed by atoms with van der Waals surface area (Å²) in [7, 11) is 2.32. The van der Waals surface area contributed by atoms with Crippen molar-refractivity contribution in [1.29, 1.82) is 0 Å². The molecule has 112 valence electrons. The van der Waals surface area contributed by atoms with E-state index >= 15 is 0 Å². The van der Waals surface area contributed by atoms with Crippen LogP contribution in [-0.2, 0) is 13.3 Å². The van der Waals surface area contributed by atoms with Gasteiger partial charge in [0.05, 0.1) is 0 Å². The SMILES string of the molecule is CO[Si](CCCN=C(N)Nc1ccccc1)(OC)OC. The van der Waals surface area contributed by atoms with Crippen molar-refractivity contribution in [3.8, 4) is 0 Å². The van der Waals surface area contributed by atoms with Gasteiger partial charge in [-0.1, -0.05) is 18.2 Å². The Kier molecular flexibility index (Phi) is 7.24. The first-order valence-electron chi connectivity index (χ1n) is 6.43. The van der Waals surface area contributed by atoms with Gasteiger partial charge in [0.25, 0.3) is 0 Å². The van der Waals surface area contributed by atoms with Crippen LogP contribution in [0.2, 0.25) is 6.04 Å². The van der Waals surface area contributed by atoms with E-state index in [2.05, 4.69) is 10.3 Å². The van der Waals surface area contributed by atoms with Crippen molar-refractivity contribution in [3.05, 3.63) is 30.3 Å². The second kappa shape index (κ2) is 8.70. The molecule has 0 aliphatic rings. The summed E-state index contributed by atoms with van der Waals surface area (Å²) in [4.78, 5) is 4.26. The fourth-order valence-corrected chi connectivity index (χ4v) is 3.46. The molecule has 7 heteroatoms. The molecule has 1 aromatic carbocycles. The summed E-state index contributed by atoms with van der Waals surface area (Å²) in [5.74, 6) is 0.399. The number of nitrogens with one attached hydrogen (secondary N) is 1. The predicted molar refractivity (Wildman–Crippen MR) is 82.8 cm³/mol. The van der Waals surface area contributed by atoms with Crippen LogP contribution >= 0.6 is 0 Å².